The van der Waals surface area contributed by atoms with Gasteiger partial charge in [-0.3, -0.25) is 0 Å². The van der Waals surface area contributed by atoms with E-state index in [1.54, 1.807) is 0 Å². The maximum atomic E-state index is 12.5. The normalized spacial score (nSPS) is 15.7. The van der Waals surface area contributed by atoms with Gasteiger partial charge >= 0.3 is 0 Å². The molecule has 0 atom stereocenters. The first kappa shape index (κ1) is 20.7. The Hall–Kier alpha value is -1.60. The summed E-state index contributed by atoms with van der Waals surface area (Å²) in [5.74, 6) is 0. The van der Waals surface area contributed by atoms with E-state index in [0.29, 0.717) is 12.2 Å². The second-order valence-electron chi connectivity index (χ2n) is 6.93. The van der Waals surface area contributed by atoms with Crippen LogP contribution in [0.25, 0.3) is 0 Å². The van der Waals surface area contributed by atoms with Crippen LogP contribution in [0.4, 0.5) is 10.5 Å². The van der Waals surface area contributed by atoms with Crippen LogP contribution >= 0.6 is 0 Å². The highest BCUT2D eigenvalue weighted by atomic mass is 32.2. The fourth-order valence-electron chi connectivity index (χ4n) is 3.34. The molecule has 1 fully saturated rings. The molecule has 2 rings (SSSR count). The van der Waals surface area contributed by atoms with Gasteiger partial charge < -0.3 is 14.8 Å². The lowest BCUT2D eigenvalue weighted by Crippen LogP contribution is -2.42. The van der Waals surface area contributed by atoms with Crippen LogP contribution in [-0.2, 0) is 10.0 Å². The number of hydrogen-bond donors (Lipinski definition) is 1. The van der Waals surface area contributed by atoms with E-state index in [-0.39, 0.29) is 10.9 Å². The number of unbranched alkanes of at least 4 members (excludes halogenated alkanes) is 3. The number of rotatable bonds is 9. The zero-order valence-corrected chi connectivity index (χ0v) is 16.3. The van der Waals surface area contributed by atoms with Crippen LogP contribution in [0.3, 0.4) is 0 Å². The highest BCUT2D eigenvalue weighted by Crippen LogP contribution is 2.22. The number of amides is 1. The summed E-state index contributed by atoms with van der Waals surface area (Å²) in [5, 5.41) is 11.4. The lowest BCUT2D eigenvalue weighted by molar-refractivity contribution is -0.246. The number of nitrogens with one attached hydrogen (secondary N) is 1. The van der Waals surface area contributed by atoms with Crippen molar-refractivity contribution in [1.82, 2.24) is 4.72 Å². The molecule has 146 valence electrons. The summed E-state index contributed by atoms with van der Waals surface area (Å²) in [6.07, 6.45) is 7.57. The molecule has 0 aliphatic heterocycles. The Bertz CT molecular complexity index is 667. The fraction of sp³-hybridized carbons (Fsp3) is 0.632. The van der Waals surface area contributed by atoms with E-state index in [4.69, 9.17) is 0 Å². The third kappa shape index (κ3) is 5.99. The highest BCUT2D eigenvalue weighted by Gasteiger charge is 2.22. The molecular formula is C19H29N2O4S-. The van der Waals surface area contributed by atoms with E-state index >= 15 is 0 Å². The third-order valence-corrected chi connectivity index (χ3v) is 6.38. The van der Waals surface area contributed by atoms with Crippen molar-refractivity contribution in [2.75, 3.05) is 11.4 Å². The minimum absolute atomic E-state index is 0.00768. The number of hydrogen-bond acceptors (Lipinski definition) is 4. The first-order valence-corrected chi connectivity index (χ1v) is 11.0. The zero-order valence-electron chi connectivity index (χ0n) is 15.4. The lowest BCUT2D eigenvalue weighted by Gasteiger charge is -2.26. The minimum Gasteiger partial charge on any atom is -0.530 e. The predicted octanol–water partition coefficient (Wildman–Crippen LogP) is 3.03. The first-order valence-electron chi connectivity index (χ1n) is 9.55. The molecule has 1 saturated carbocycles. The average Bonchev–Trinajstić information content (AvgIpc) is 2.62. The number of carbonyl (C=O) groups is 1. The second kappa shape index (κ2) is 9.92. The van der Waals surface area contributed by atoms with Crippen LogP contribution in [0.2, 0.25) is 0 Å². The summed E-state index contributed by atoms with van der Waals surface area (Å²) in [4.78, 5) is 12.7. The second-order valence-corrected chi connectivity index (χ2v) is 8.64. The van der Waals surface area contributed by atoms with E-state index in [1.165, 1.54) is 29.2 Å². The predicted molar refractivity (Wildman–Crippen MR) is 101 cm³/mol. The molecule has 1 aromatic rings. The van der Waals surface area contributed by atoms with E-state index in [0.717, 1.165) is 57.8 Å². The Balaban J connectivity index is 2.03. The summed E-state index contributed by atoms with van der Waals surface area (Å²) in [6, 6.07) is 5.98. The molecule has 1 aliphatic rings. The topological polar surface area (TPSA) is 89.5 Å². The van der Waals surface area contributed by atoms with Gasteiger partial charge in [-0.1, -0.05) is 45.4 Å². The van der Waals surface area contributed by atoms with E-state index in [1.807, 2.05) is 0 Å². The van der Waals surface area contributed by atoms with Gasteiger partial charge in [-0.05, 0) is 43.5 Å². The summed E-state index contributed by atoms with van der Waals surface area (Å²) >= 11 is 0. The quantitative estimate of drug-likeness (QED) is 0.666. The Morgan fingerprint density at radius 3 is 2.35 bits per heavy atom. The Kier molecular flexibility index (Phi) is 7.90. The van der Waals surface area contributed by atoms with Crippen molar-refractivity contribution < 1.29 is 18.3 Å². The molecule has 0 radical (unpaired) electrons. The molecule has 0 saturated heterocycles. The van der Waals surface area contributed by atoms with Crippen LogP contribution in [0.1, 0.15) is 64.7 Å². The van der Waals surface area contributed by atoms with Gasteiger partial charge in [0, 0.05) is 18.3 Å². The molecule has 7 heteroatoms. The zero-order chi connectivity index (χ0) is 19.0. The lowest BCUT2D eigenvalue weighted by atomic mass is 9.96. The highest BCUT2D eigenvalue weighted by molar-refractivity contribution is 7.89. The monoisotopic (exact) mass is 381 g/mol. The summed E-state index contributed by atoms with van der Waals surface area (Å²) < 4.78 is 27.8. The molecule has 1 aromatic carbocycles. The molecule has 26 heavy (non-hydrogen) atoms. The van der Waals surface area contributed by atoms with E-state index in [2.05, 4.69) is 11.6 Å². The Morgan fingerprint density at radius 1 is 1.12 bits per heavy atom. The number of sulfonamides is 1. The van der Waals surface area contributed by atoms with Gasteiger partial charge in [-0.2, -0.15) is 0 Å². The standard InChI is InChI=1S/C19H30N2O4S/c1-2-3-4-8-15-21(19(22)23)17-11-13-18(14-12-17)26(24,25)20-16-9-6-5-7-10-16/h11-14,16,20H,2-10,15H2,1H3,(H,22,23)/p-1. The summed E-state index contributed by atoms with van der Waals surface area (Å²) in [6.45, 7) is 2.45. The first-order chi connectivity index (χ1) is 12.4. The summed E-state index contributed by atoms with van der Waals surface area (Å²) in [7, 11) is -3.58. The number of carbonyl (C=O) groups excluding carboxylic acids is 1. The van der Waals surface area contributed by atoms with Crippen LogP contribution < -0.4 is 14.7 Å². The van der Waals surface area contributed by atoms with Gasteiger partial charge in [0.1, 0.15) is 6.09 Å². The maximum Gasteiger partial charge on any atom is 0.240 e. The van der Waals surface area contributed by atoms with Crippen LogP contribution in [0.5, 0.6) is 0 Å². The van der Waals surface area contributed by atoms with Crippen molar-refractivity contribution in [3.05, 3.63) is 24.3 Å². The third-order valence-electron chi connectivity index (χ3n) is 4.84. The Labute approximate surface area is 156 Å². The van der Waals surface area contributed by atoms with Gasteiger partial charge in [-0.25, -0.2) is 13.1 Å². The van der Waals surface area contributed by atoms with Gasteiger partial charge in [0.05, 0.1) is 4.90 Å². The average molecular weight is 382 g/mol. The van der Waals surface area contributed by atoms with Gasteiger partial charge in [0.25, 0.3) is 0 Å². The van der Waals surface area contributed by atoms with Crippen molar-refractivity contribution in [2.24, 2.45) is 0 Å². The van der Waals surface area contributed by atoms with Crippen LogP contribution in [0, 0.1) is 0 Å². The molecular weight excluding hydrogens is 352 g/mol. The maximum absolute atomic E-state index is 12.5. The SMILES string of the molecule is CCCCCCN(C(=O)[O-])c1ccc(S(=O)(=O)NC2CCCCC2)cc1. The smallest absolute Gasteiger partial charge is 0.240 e. The van der Waals surface area contributed by atoms with Crippen LogP contribution in [0.15, 0.2) is 29.2 Å². The molecule has 1 aliphatic carbocycles. The summed E-state index contributed by atoms with van der Waals surface area (Å²) in [5.41, 5.74) is 0.443. The van der Waals surface area contributed by atoms with Crippen molar-refractivity contribution in [3.63, 3.8) is 0 Å². The minimum atomic E-state index is -3.58. The number of anilines is 1. The molecule has 1 N–H and O–H groups in total. The Morgan fingerprint density at radius 2 is 1.77 bits per heavy atom. The molecule has 1 amide bonds. The van der Waals surface area contributed by atoms with E-state index in [9.17, 15) is 18.3 Å². The largest absolute Gasteiger partial charge is 0.530 e. The van der Waals surface area contributed by atoms with Crippen molar-refractivity contribution >= 4 is 21.8 Å². The number of nitrogens with zero attached hydrogens (tertiary/aromatic N) is 1. The van der Waals surface area contributed by atoms with Gasteiger partial charge in [-0.15, -0.1) is 0 Å². The molecule has 0 spiro atoms. The molecule has 0 heterocycles. The van der Waals surface area contributed by atoms with E-state index < -0.39 is 16.1 Å². The molecule has 0 unspecified atom stereocenters. The molecule has 0 aromatic heterocycles. The number of benzene rings is 1. The fourth-order valence-corrected chi connectivity index (χ4v) is 4.64. The van der Waals surface area contributed by atoms with Crippen molar-refractivity contribution in [3.8, 4) is 0 Å². The van der Waals surface area contributed by atoms with Gasteiger partial charge in [0.15, 0.2) is 0 Å². The van der Waals surface area contributed by atoms with Crippen molar-refractivity contribution in [1.29, 1.82) is 0 Å². The molecule has 6 nitrogen and oxygen atoms in total. The van der Waals surface area contributed by atoms with Crippen molar-refractivity contribution in [2.45, 2.75) is 75.6 Å². The van der Waals surface area contributed by atoms with Gasteiger partial charge in [0.2, 0.25) is 10.0 Å². The number of carboxylic acid groups (broad SMARTS) is 1. The van der Waals surface area contributed by atoms with Crippen LogP contribution in [-0.4, -0.2) is 27.1 Å². The molecule has 0 bridgehead atoms.